The molecule has 0 aliphatic rings. The van der Waals surface area contributed by atoms with E-state index in [1.165, 1.54) is 12.1 Å². The summed E-state index contributed by atoms with van der Waals surface area (Å²) < 4.78 is 33.2. The molecule has 0 atom stereocenters. The van der Waals surface area contributed by atoms with Gasteiger partial charge in [-0.25, -0.2) is 8.42 Å². The highest BCUT2D eigenvalue weighted by molar-refractivity contribution is 14.1. The van der Waals surface area contributed by atoms with Crippen molar-refractivity contribution in [3.05, 3.63) is 71.1 Å². The molecule has 0 saturated heterocycles. The lowest BCUT2D eigenvalue weighted by Gasteiger charge is -2.02. The molecule has 0 N–H and O–H groups in total. The molecule has 0 spiro atoms. The molecule has 0 aliphatic heterocycles. The zero-order valence-electron chi connectivity index (χ0n) is 11.3. The van der Waals surface area contributed by atoms with Crippen LogP contribution in [0.2, 0.25) is 0 Å². The Bertz CT molecular complexity index is 735. The molecule has 2 rings (SSSR count). The van der Waals surface area contributed by atoms with Gasteiger partial charge in [0.2, 0.25) is 9.84 Å². The fraction of sp³-hybridized carbons (Fsp3) is 0.0667. The van der Waals surface area contributed by atoms with Crippen LogP contribution >= 0.6 is 22.6 Å². The second-order valence-electron chi connectivity index (χ2n) is 4.10. The molecular formula is C15H13IO2S. The summed E-state index contributed by atoms with van der Waals surface area (Å²) in [6.45, 7) is 1.89. The largest absolute Gasteiger partial charge is 0.219 e. The predicted molar refractivity (Wildman–Crippen MR) is 86.8 cm³/mol. The van der Waals surface area contributed by atoms with Crippen LogP contribution in [0.25, 0.3) is 3.58 Å². The summed E-state index contributed by atoms with van der Waals surface area (Å²) >= 11 is 1.91. The molecule has 0 fully saturated rings. The van der Waals surface area contributed by atoms with Crippen LogP contribution in [0.4, 0.5) is 0 Å². The molecule has 0 amide bonds. The Morgan fingerprint density at radius 1 is 1.11 bits per heavy atom. The third kappa shape index (κ3) is 3.67. The van der Waals surface area contributed by atoms with Crippen LogP contribution in [-0.4, -0.2) is 8.42 Å². The number of hydrogen-bond acceptors (Lipinski definition) is 2. The lowest BCUT2D eigenvalue weighted by molar-refractivity contribution is 0.605. The Kier molecular flexibility index (Phi) is 3.98. The van der Waals surface area contributed by atoms with Crippen molar-refractivity contribution in [1.82, 2.24) is 0 Å². The monoisotopic (exact) mass is 385 g/mol. The maximum absolute atomic E-state index is 12.4. The van der Waals surface area contributed by atoms with E-state index in [2.05, 4.69) is 0 Å². The van der Waals surface area contributed by atoms with Gasteiger partial charge >= 0.3 is 0 Å². The Hall–Kier alpha value is -1.14. The summed E-state index contributed by atoms with van der Waals surface area (Å²) in [5, 5.41) is -0.367. The van der Waals surface area contributed by atoms with Gasteiger partial charge < -0.3 is 0 Å². The molecule has 19 heavy (non-hydrogen) atoms. The molecule has 2 aromatic carbocycles. The van der Waals surface area contributed by atoms with E-state index in [0.717, 1.165) is 11.1 Å². The summed E-state index contributed by atoms with van der Waals surface area (Å²) in [6.07, 6.45) is 0. The highest BCUT2D eigenvalue weighted by Gasteiger charge is 2.12. The highest BCUT2D eigenvalue weighted by Crippen LogP contribution is 2.25. The van der Waals surface area contributed by atoms with E-state index in [1.54, 1.807) is 24.3 Å². The van der Waals surface area contributed by atoms with Crippen LogP contribution in [0.1, 0.15) is 12.5 Å². The molecule has 0 saturated carbocycles. The Morgan fingerprint density at radius 3 is 2.26 bits per heavy atom. The van der Waals surface area contributed by atoms with E-state index in [4.69, 9.17) is 1.37 Å². The normalized spacial score (nSPS) is 13.7. The van der Waals surface area contributed by atoms with Crippen molar-refractivity contribution in [2.24, 2.45) is 0 Å². The first-order valence-corrected chi connectivity index (χ1v) is 8.22. The third-order valence-corrected chi connectivity index (χ3v) is 5.21. The molecule has 0 bridgehead atoms. The third-order valence-electron chi connectivity index (χ3n) is 2.58. The van der Waals surface area contributed by atoms with Gasteiger partial charge in [-0.2, -0.15) is 0 Å². The predicted octanol–water partition coefficient (Wildman–Crippen LogP) is 4.20. The molecule has 98 valence electrons. The zero-order chi connectivity index (χ0) is 14.8. The second-order valence-corrected chi connectivity index (χ2v) is 6.86. The van der Waals surface area contributed by atoms with Gasteiger partial charge in [0, 0.05) is 8.96 Å². The standard InChI is InChI=1S/C15H13IO2S/c1-12-7-9-14(10-8-12)19(17,18)11-15(16)13-5-3-2-4-6-13/h2-11H,1H3/b15-11+/i11D. The Morgan fingerprint density at radius 2 is 1.68 bits per heavy atom. The van der Waals surface area contributed by atoms with Crippen molar-refractivity contribution in [3.63, 3.8) is 0 Å². The van der Waals surface area contributed by atoms with Gasteiger partial charge in [-0.05, 0) is 47.2 Å². The maximum Gasteiger partial charge on any atom is 0.200 e. The summed E-state index contributed by atoms with van der Waals surface area (Å²) in [4.78, 5) is 0.151. The average molecular weight is 385 g/mol. The van der Waals surface area contributed by atoms with Crippen LogP contribution in [-0.2, 0) is 9.84 Å². The van der Waals surface area contributed by atoms with Crippen molar-refractivity contribution in [2.75, 3.05) is 0 Å². The zero-order valence-corrected chi connectivity index (χ0v) is 13.3. The quantitative estimate of drug-likeness (QED) is 0.743. The highest BCUT2D eigenvalue weighted by atomic mass is 127. The first kappa shape index (κ1) is 12.9. The van der Waals surface area contributed by atoms with Crippen LogP contribution in [0.15, 0.2) is 64.9 Å². The number of halogens is 1. The first-order chi connectivity index (χ1) is 9.43. The fourth-order valence-electron chi connectivity index (χ4n) is 1.54. The summed E-state index contributed by atoms with van der Waals surface area (Å²) in [7, 11) is -3.76. The van der Waals surface area contributed by atoms with Gasteiger partial charge in [0.15, 0.2) is 0 Å². The number of rotatable bonds is 3. The molecule has 2 nitrogen and oxygen atoms in total. The molecule has 2 aromatic rings. The molecule has 0 heterocycles. The van der Waals surface area contributed by atoms with E-state index in [0.29, 0.717) is 3.58 Å². The molecule has 0 unspecified atom stereocenters. The van der Waals surface area contributed by atoms with Crippen LogP contribution in [0.3, 0.4) is 0 Å². The van der Waals surface area contributed by atoms with Crippen molar-refractivity contribution < 1.29 is 9.79 Å². The van der Waals surface area contributed by atoms with E-state index < -0.39 is 9.84 Å². The summed E-state index contributed by atoms with van der Waals surface area (Å²) in [5.74, 6) is 0. The van der Waals surface area contributed by atoms with E-state index in [9.17, 15) is 8.42 Å². The van der Waals surface area contributed by atoms with Gasteiger partial charge in [-0.15, -0.1) is 0 Å². The Labute approximate surface area is 128 Å². The van der Waals surface area contributed by atoms with Gasteiger partial charge in [-0.3, -0.25) is 0 Å². The van der Waals surface area contributed by atoms with Crippen LogP contribution < -0.4 is 0 Å². The molecule has 0 aromatic heterocycles. The van der Waals surface area contributed by atoms with Gasteiger partial charge in [-0.1, -0.05) is 48.0 Å². The van der Waals surface area contributed by atoms with Gasteiger partial charge in [0.05, 0.1) is 6.27 Å². The van der Waals surface area contributed by atoms with Crippen molar-refractivity contribution in [3.8, 4) is 0 Å². The first-order valence-electron chi connectivity index (χ1n) is 6.16. The minimum absolute atomic E-state index is 0.151. The van der Waals surface area contributed by atoms with Crippen LogP contribution in [0.5, 0.6) is 0 Å². The van der Waals surface area contributed by atoms with Crippen LogP contribution in [0, 0.1) is 6.92 Å². The van der Waals surface area contributed by atoms with E-state index in [1.807, 2.05) is 47.7 Å². The summed E-state index contributed by atoms with van der Waals surface area (Å²) in [5.41, 5.74) is 1.71. The summed E-state index contributed by atoms with van der Waals surface area (Å²) in [6, 6.07) is 15.6. The average Bonchev–Trinajstić information content (AvgIpc) is 2.47. The number of hydrogen-bond donors (Lipinski definition) is 0. The second kappa shape index (κ2) is 5.88. The van der Waals surface area contributed by atoms with Crippen molar-refractivity contribution in [1.29, 1.82) is 0 Å². The van der Waals surface area contributed by atoms with Gasteiger partial charge in [0.25, 0.3) is 0 Å². The van der Waals surface area contributed by atoms with E-state index >= 15 is 0 Å². The lowest BCUT2D eigenvalue weighted by Crippen LogP contribution is -1.96. The number of benzene rings is 2. The molecule has 0 radical (unpaired) electrons. The van der Waals surface area contributed by atoms with Crippen molar-refractivity contribution in [2.45, 2.75) is 11.8 Å². The number of aryl methyl sites for hydroxylation is 1. The Balaban J connectivity index is 2.51. The topological polar surface area (TPSA) is 34.1 Å². The molecule has 4 heteroatoms. The molecule has 0 aliphatic carbocycles. The fourth-order valence-corrected chi connectivity index (χ4v) is 3.73. The lowest BCUT2D eigenvalue weighted by atomic mass is 10.2. The smallest absolute Gasteiger partial charge is 0.200 e. The maximum atomic E-state index is 12.4. The minimum atomic E-state index is -3.76. The van der Waals surface area contributed by atoms with Gasteiger partial charge in [0.1, 0.15) is 0 Å². The SMILES string of the molecule is [2H]/C(=C(\I)c1ccccc1)S(=O)(=O)c1ccc(C)cc1. The van der Waals surface area contributed by atoms with E-state index in [-0.39, 0.29) is 10.3 Å². The molecular weight excluding hydrogens is 371 g/mol. The number of sulfone groups is 1. The minimum Gasteiger partial charge on any atom is -0.219 e. The van der Waals surface area contributed by atoms with Crippen molar-refractivity contribution >= 4 is 36.0 Å².